The van der Waals surface area contributed by atoms with Crippen molar-refractivity contribution in [2.45, 2.75) is 71.3 Å². The van der Waals surface area contributed by atoms with Gasteiger partial charge in [-0.25, -0.2) is 9.59 Å². The summed E-state index contributed by atoms with van der Waals surface area (Å²) in [4.78, 5) is 25.5. The Morgan fingerprint density at radius 3 is 2.35 bits per heavy atom. The van der Waals surface area contributed by atoms with Crippen molar-refractivity contribution in [1.82, 2.24) is 4.90 Å². The van der Waals surface area contributed by atoms with Crippen LogP contribution in [-0.4, -0.2) is 52.5 Å². The van der Waals surface area contributed by atoms with Crippen LogP contribution in [0.15, 0.2) is 0 Å². The minimum absolute atomic E-state index is 0.0901. The lowest BCUT2D eigenvalue weighted by Crippen LogP contribution is -2.54. The number of aliphatic hydroxyl groups excluding tert-OH is 1. The summed E-state index contributed by atoms with van der Waals surface area (Å²) >= 11 is 0. The van der Waals surface area contributed by atoms with Crippen LogP contribution in [0.1, 0.15) is 47.5 Å². The molecule has 0 spiro atoms. The zero-order valence-corrected chi connectivity index (χ0v) is 12.9. The molecule has 0 saturated carbocycles. The van der Waals surface area contributed by atoms with Gasteiger partial charge in [0.05, 0.1) is 18.8 Å². The summed E-state index contributed by atoms with van der Waals surface area (Å²) in [6.07, 6.45) is -0.620. The molecule has 1 saturated heterocycles. The molecule has 0 aromatic rings. The van der Waals surface area contributed by atoms with Crippen LogP contribution in [0.2, 0.25) is 0 Å². The average Bonchev–Trinajstić information content (AvgIpc) is 2.25. The Labute approximate surface area is 120 Å². The van der Waals surface area contributed by atoms with Crippen molar-refractivity contribution in [1.29, 1.82) is 0 Å². The molecule has 6 nitrogen and oxygen atoms in total. The fourth-order valence-electron chi connectivity index (χ4n) is 2.03. The van der Waals surface area contributed by atoms with Gasteiger partial charge < -0.3 is 14.6 Å². The van der Waals surface area contributed by atoms with Crippen molar-refractivity contribution in [3.05, 3.63) is 0 Å². The Hall–Kier alpha value is -1.30. The number of hydrogen-bond acceptors (Lipinski definition) is 5. The standard InChI is InChI=1S/C14H25NO5/c1-9(2)19-12(17)11-7-6-10(16)8-15(11)13(18)20-14(3,4)5/h9-11,16H,6-8H2,1-5H3/t10-,11+/m1/s1. The van der Waals surface area contributed by atoms with E-state index in [0.717, 1.165) is 0 Å². The van der Waals surface area contributed by atoms with Crippen LogP contribution in [-0.2, 0) is 14.3 Å². The van der Waals surface area contributed by atoms with E-state index in [1.807, 2.05) is 0 Å². The number of carbonyl (C=O) groups is 2. The molecule has 6 heteroatoms. The first kappa shape index (κ1) is 16.8. The van der Waals surface area contributed by atoms with Gasteiger partial charge >= 0.3 is 12.1 Å². The van der Waals surface area contributed by atoms with Gasteiger partial charge in [-0.2, -0.15) is 0 Å². The minimum atomic E-state index is -0.685. The number of carbonyl (C=O) groups excluding carboxylic acids is 2. The number of esters is 1. The Morgan fingerprint density at radius 1 is 1.25 bits per heavy atom. The van der Waals surface area contributed by atoms with Gasteiger partial charge in [0.2, 0.25) is 0 Å². The third-order valence-corrected chi connectivity index (χ3v) is 2.81. The van der Waals surface area contributed by atoms with E-state index in [1.54, 1.807) is 34.6 Å². The lowest BCUT2D eigenvalue weighted by molar-refractivity contribution is -0.156. The van der Waals surface area contributed by atoms with E-state index in [-0.39, 0.29) is 12.6 Å². The fourth-order valence-corrected chi connectivity index (χ4v) is 2.03. The molecule has 20 heavy (non-hydrogen) atoms. The molecule has 0 aromatic carbocycles. The zero-order valence-electron chi connectivity index (χ0n) is 12.9. The molecule has 1 fully saturated rings. The maximum absolute atomic E-state index is 12.1. The highest BCUT2D eigenvalue weighted by atomic mass is 16.6. The van der Waals surface area contributed by atoms with Crippen molar-refractivity contribution in [2.24, 2.45) is 0 Å². The molecule has 1 heterocycles. The van der Waals surface area contributed by atoms with Crippen molar-refractivity contribution in [2.75, 3.05) is 6.54 Å². The third kappa shape index (κ3) is 5.00. The number of rotatable bonds is 2. The van der Waals surface area contributed by atoms with Gasteiger partial charge in [0, 0.05) is 0 Å². The Balaban J connectivity index is 2.80. The third-order valence-electron chi connectivity index (χ3n) is 2.81. The number of amides is 1. The monoisotopic (exact) mass is 287 g/mol. The van der Waals surface area contributed by atoms with Crippen LogP contribution in [0.4, 0.5) is 4.79 Å². The van der Waals surface area contributed by atoms with Crippen molar-refractivity contribution < 1.29 is 24.2 Å². The van der Waals surface area contributed by atoms with Crippen LogP contribution < -0.4 is 0 Å². The van der Waals surface area contributed by atoms with Crippen LogP contribution in [0, 0.1) is 0 Å². The Kier molecular flexibility index (Phi) is 5.39. The minimum Gasteiger partial charge on any atom is -0.461 e. The summed E-state index contributed by atoms with van der Waals surface area (Å²) in [5, 5.41) is 9.71. The molecular formula is C14H25NO5. The number of piperidine rings is 1. The molecule has 0 aromatic heterocycles. The SMILES string of the molecule is CC(C)OC(=O)[C@@H]1CC[C@@H](O)CN1C(=O)OC(C)(C)C. The molecular weight excluding hydrogens is 262 g/mol. The van der Waals surface area contributed by atoms with Gasteiger partial charge in [0.1, 0.15) is 11.6 Å². The van der Waals surface area contributed by atoms with Gasteiger partial charge in [-0.1, -0.05) is 0 Å². The van der Waals surface area contributed by atoms with E-state index in [1.165, 1.54) is 4.90 Å². The second-order valence-corrected chi connectivity index (χ2v) is 6.37. The van der Waals surface area contributed by atoms with Gasteiger partial charge in [-0.15, -0.1) is 0 Å². The molecule has 1 N–H and O–H groups in total. The van der Waals surface area contributed by atoms with E-state index >= 15 is 0 Å². The molecule has 1 aliphatic rings. The zero-order chi connectivity index (χ0) is 15.5. The number of aliphatic hydroxyl groups is 1. The van der Waals surface area contributed by atoms with Crippen LogP contribution in [0.5, 0.6) is 0 Å². The van der Waals surface area contributed by atoms with E-state index in [4.69, 9.17) is 9.47 Å². The lowest BCUT2D eigenvalue weighted by Gasteiger charge is -2.37. The molecule has 116 valence electrons. The quantitative estimate of drug-likeness (QED) is 0.782. The number of hydrogen-bond donors (Lipinski definition) is 1. The molecule has 1 amide bonds. The van der Waals surface area contributed by atoms with Gasteiger partial charge in [-0.3, -0.25) is 4.90 Å². The fraction of sp³-hybridized carbons (Fsp3) is 0.857. The normalized spacial score (nSPS) is 23.6. The first-order valence-electron chi connectivity index (χ1n) is 6.98. The predicted octanol–water partition coefficient (Wildman–Crippen LogP) is 1.70. The van der Waals surface area contributed by atoms with Crippen LogP contribution in [0.25, 0.3) is 0 Å². The van der Waals surface area contributed by atoms with Crippen LogP contribution in [0.3, 0.4) is 0 Å². The summed E-state index contributed by atoms with van der Waals surface area (Å²) in [7, 11) is 0. The van der Waals surface area contributed by atoms with Gasteiger partial charge in [-0.05, 0) is 47.5 Å². The summed E-state index contributed by atoms with van der Waals surface area (Å²) < 4.78 is 10.4. The number of likely N-dealkylation sites (tertiary alicyclic amines) is 1. The van der Waals surface area contributed by atoms with Gasteiger partial charge in [0.25, 0.3) is 0 Å². The second-order valence-electron chi connectivity index (χ2n) is 6.37. The first-order chi connectivity index (χ1) is 9.10. The van der Waals surface area contributed by atoms with Gasteiger partial charge in [0.15, 0.2) is 0 Å². The van der Waals surface area contributed by atoms with E-state index < -0.39 is 29.8 Å². The van der Waals surface area contributed by atoms with E-state index in [9.17, 15) is 14.7 Å². The number of ether oxygens (including phenoxy) is 2. The summed E-state index contributed by atoms with van der Waals surface area (Å²) in [6, 6.07) is -0.685. The van der Waals surface area contributed by atoms with Crippen molar-refractivity contribution in [3.63, 3.8) is 0 Å². The Morgan fingerprint density at radius 2 is 1.85 bits per heavy atom. The average molecular weight is 287 g/mol. The smallest absolute Gasteiger partial charge is 0.411 e. The molecule has 1 rings (SSSR count). The molecule has 0 unspecified atom stereocenters. The summed E-state index contributed by atoms with van der Waals surface area (Å²) in [6.45, 7) is 8.87. The second kappa shape index (κ2) is 6.43. The summed E-state index contributed by atoms with van der Waals surface area (Å²) in [5.74, 6) is -0.447. The highest BCUT2D eigenvalue weighted by Crippen LogP contribution is 2.22. The topological polar surface area (TPSA) is 76.1 Å². The maximum atomic E-state index is 12.1. The molecule has 0 bridgehead atoms. The highest BCUT2D eigenvalue weighted by molar-refractivity contribution is 5.82. The largest absolute Gasteiger partial charge is 0.461 e. The maximum Gasteiger partial charge on any atom is 0.411 e. The van der Waals surface area contributed by atoms with E-state index in [0.29, 0.717) is 12.8 Å². The van der Waals surface area contributed by atoms with E-state index in [2.05, 4.69) is 0 Å². The highest BCUT2D eigenvalue weighted by Gasteiger charge is 2.38. The lowest BCUT2D eigenvalue weighted by atomic mass is 10.0. The summed E-state index contributed by atoms with van der Waals surface area (Å²) in [5.41, 5.74) is -0.647. The van der Waals surface area contributed by atoms with Crippen molar-refractivity contribution >= 4 is 12.1 Å². The van der Waals surface area contributed by atoms with Crippen molar-refractivity contribution in [3.8, 4) is 0 Å². The molecule has 2 atom stereocenters. The Bertz CT molecular complexity index is 361. The van der Waals surface area contributed by atoms with Crippen LogP contribution >= 0.6 is 0 Å². The number of β-amino-alcohol motifs (C(OH)–C–C–N with tert-alkyl or cyclic N) is 1. The first-order valence-corrected chi connectivity index (χ1v) is 6.98. The number of nitrogens with zero attached hydrogens (tertiary/aromatic N) is 1. The molecule has 0 radical (unpaired) electrons. The predicted molar refractivity (Wildman–Crippen MR) is 73.2 cm³/mol. The molecule has 0 aliphatic carbocycles. The molecule has 1 aliphatic heterocycles.